The molecule has 13 heteroatoms. The van der Waals surface area contributed by atoms with Gasteiger partial charge >= 0.3 is 12.0 Å². The molecule has 12 nitrogen and oxygen atoms in total. The third-order valence-corrected chi connectivity index (χ3v) is 8.20. The Morgan fingerprint density at radius 1 is 1.36 bits per heavy atom. The van der Waals surface area contributed by atoms with Crippen LogP contribution in [0, 0.1) is 16.7 Å². The first-order valence-electron chi connectivity index (χ1n) is 13.3. The van der Waals surface area contributed by atoms with E-state index in [1.54, 1.807) is 25.4 Å². The third-order valence-electron chi connectivity index (χ3n) is 7.18. The molecule has 0 radical (unpaired) electrons. The van der Waals surface area contributed by atoms with E-state index in [0.29, 0.717) is 66.1 Å². The maximum atomic E-state index is 12.2. The molecule has 1 fully saturated rings. The number of pyridine rings is 1. The number of benzene rings is 1. The molecule has 0 aliphatic carbocycles. The van der Waals surface area contributed by atoms with E-state index < -0.39 is 11.4 Å². The van der Waals surface area contributed by atoms with Gasteiger partial charge in [0.05, 0.1) is 28.4 Å². The van der Waals surface area contributed by atoms with Gasteiger partial charge < -0.3 is 20.1 Å². The molecule has 218 valence electrons. The fourth-order valence-corrected chi connectivity index (χ4v) is 5.54. The van der Waals surface area contributed by atoms with Crippen LogP contribution in [0.5, 0.6) is 5.75 Å². The molecule has 4 rings (SSSR count). The number of carboxylic acids is 1. The summed E-state index contributed by atoms with van der Waals surface area (Å²) >= 11 is 1.28. The topological polar surface area (TPSA) is 165 Å². The average Bonchev–Trinajstić information content (AvgIpc) is 3.39. The number of carboxylic acid groups (broad SMARTS) is 1. The maximum absolute atomic E-state index is 12.2. The smallest absolute Gasteiger partial charge is 0.321 e. The molecule has 0 saturated carbocycles. The quantitative estimate of drug-likeness (QED) is 0.257. The van der Waals surface area contributed by atoms with Crippen LogP contribution in [-0.4, -0.2) is 71.4 Å². The first kappa shape index (κ1) is 30.1. The molecular formula is C29H32N8O4S. The molecule has 0 spiro atoms. The molecule has 42 heavy (non-hydrogen) atoms. The number of methoxy groups -OCH3 is 1. The molecule has 1 aromatic carbocycles. The number of nitrogens with zero attached hydrogens (tertiary/aromatic N) is 6. The number of rotatable bonds is 7. The number of aromatic nitrogens is 2. The van der Waals surface area contributed by atoms with E-state index in [1.807, 2.05) is 30.9 Å². The number of fused-ring (bicyclic) bond motifs is 1. The molecule has 1 saturated heterocycles. The van der Waals surface area contributed by atoms with Crippen LogP contribution < -0.4 is 15.4 Å². The minimum atomic E-state index is -0.800. The molecule has 1 aliphatic rings. The number of aliphatic carboxylic acids is 1. The lowest BCUT2D eigenvalue weighted by Gasteiger charge is -2.36. The molecule has 3 heterocycles. The molecule has 3 aromatic rings. The lowest BCUT2D eigenvalue weighted by atomic mass is 9.80. The number of hydrogen-bond donors (Lipinski definition) is 3. The van der Waals surface area contributed by atoms with Crippen molar-refractivity contribution in [3.05, 3.63) is 41.7 Å². The standard InChI is InChI=1S/C29H32N8O4S/c1-6-32-27(40)36-28-35-21-14-18(13-19(24(21)42-28)23-20(15-30)22(41-5)7-10-33-23)17(2)16-34-26(31-4)37-11-8-29(3,9-12-37)25(38)39/h7,10,13-14,16H,4,6,8-9,11-12H2,1-3,5H3,(H,38,39)(H2,32,35,36,40). The summed E-state index contributed by atoms with van der Waals surface area (Å²) in [5.74, 6) is 0.00217. The number of thiazole rings is 1. The van der Waals surface area contributed by atoms with E-state index in [1.165, 1.54) is 18.4 Å². The van der Waals surface area contributed by atoms with Crippen LogP contribution in [0.4, 0.5) is 9.93 Å². The van der Waals surface area contributed by atoms with Crippen molar-refractivity contribution < 1.29 is 19.4 Å². The number of guanidine groups is 1. The van der Waals surface area contributed by atoms with E-state index in [0.717, 1.165) is 15.8 Å². The Balaban J connectivity index is 1.77. The highest BCUT2D eigenvalue weighted by Gasteiger charge is 2.37. The van der Waals surface area contributed by atoms with E-state index >= 15 is 0 Å². The average molecular weight is 589 g/mol. The molecular weight excluding hydrogens is 556 g/mol. The monoisotopic (exact) mass is 588 g/mol. The molecule has 2 aromatic heterocycles. The van der Waals surface area contributed by atoms with Crippen LogP contribution in [0.15, 0.2) is 40.6 Å². The van der Waals surface area contributed by atoms with Gasteiger partial charge in [0.1, 0.15) is 17.4 Å². The van der Waals surface area contributed by atoms with Crippen molar-refractivity contribution in [2.45, 2.75) is 33.6 Å². The van der Waals surface area contributed by atoms with E-state index in [4.69, 9.17) is 4.74 Å². The van der Waals surface area contributed by atoms with Gasteiger partial charge in [-0.1, -0.05) is 11.3 Å². The van der Waals surface area contributed by atoms with Crippen LogP contribution in [0.25, 0.3) is 27.0 Å². The normalized spacial score (nSPS) is 15.2. The molecule has 0 bridgehead atoms. The summed E-state index contributed by atoms with van der Waals surface area (Å²) in [5.41, 5.74) is 2.75. The zero-order chi connectivity index (χ0) is 30.4. The highest BCUT2D eigenvalue weighted by Crippen LogP contribution is 2.39. The summed E-state index contributed by atoms with van der Waals surface area (Å²) in [4.78, 5) is 43.5. The molecule has 0 atom stereocenters. The zero-order valence-corrected chi connectivity index (χ0v) is 24.7. The predicted octanol–water partition coefficient (Wildman–Crippen LogP) is 4.98. The summed E-state index contributed by atoms with van der Waals surface area (Å²) in [5, 5.41) is 25.3. The van der Waals surface area contributed by atoms with Gasteiger partial charge in [0.15, 0.2) is 5.13 Å². The van der Waals surface area contributed by atoms with Crippen LogP contribution in [0.1, 0.15) is 44.7 Å². The second-order valence-electron chi connectivity index (χ2n) is 9.98. The van der Waals surface area contributed by atoms with Gasteiger partial charge in [-0.05, 0) is 69.7 Å². The van der Waals surface area contributed by atoms with Crippen molar-refractivity contribution in [3.8, 4) is 23.1 Å². The Labute approximate surface area is 247 Å². The van der Waals surface area contributed by atoms with Crippen LogP contribution in [0.3, 0.4) is 0 Å². The van der Waals surface area contributed by atoms with Gasteiger partial charge in [0, 0.05) is 37.6 Å². The lowest BCUT2D eigenvalue weighted by Crippen LogP contribution is -2.44. The Morgan fingerprint density at radius 3 is 2.71 bits per heavy atom. The fourth-order valence-electron chi connectivity index (χ4n) is 4.58. The number of likely N-dealkylation sites (tertiary alicyclic amines) is 1. The lowest BCUT2D eigenvalue weighted by molar-refractivity contribution is -0.150. The van der Waals surface area contributed by atoms with Gasteiger partial charge in [-0.15, -0.1) is 0 Å². The number of aliphatic imine (C=N–C) groups is 2. The van der Waals surface area contributed by atoms with Gasteiger partial charge in [0.2, 0.25) is 5.96 Å². The molecule has 3 N–H and O–H groups in total. The number of nitriles is 1. The number of allylic oxidation sites excluding steroid dienone is 1. The largest absolute Gasteiger partial charge is 0.495 e. The number of hydrogen-bond acceptors (Lipinski definition) is 8. The Bertz CT molecular complexity index is 1630. The summed E-state index contributed by atoms with van der Waals surface area (Å²) in [6, 6.07) is 7.24. The van der Waals surface area contributed by atoms with Gasteiger partial charge in [-0.25, -0.2) is 19.8 Å². The number of amides is 2. The van der Waals surface area contributed by atoms with Crippen molar-refractivity contribution in [1.29, 1.82) is 5.26 Å². The maximum Gasteiger partial charge on any atom is 0.321 e. The first-order valence-corrected chi connectivity index (χ1v) is 14.1. The second-order valence-corrected chi connectivity index (χ2v) is 11.0. The minimum absolute atomic E-state index is 0.279. The number of ether oxygens (including phenoxy) is 1. The van der Waals surface area contributed by atoms with Gasteiger partial charge in [0.25, 0.3) is 0 Å². The van der Waals surface area contributed by atoms with Crippen molar-refractivity contribution in [1.82, 2.24) is 20.2 Å². The summed E-state index contributed by atoms with van der Waals surface area (Å²) in [6.45, 7) is 10.6. The summed E-state index contributed by atoms with van der Waals surface area (Å²) in [6.07, 6.45) is 4.20. The van der Waals surface area contributed by atoms with Gasteiger partial charge in [-0.2, -0.15) is 5.26 Å². The molecule has 1 aliphatic heterocycles. The third kappa shape index (κ3) is 6.23. The zero-order valence-electron chi connectivity index (χ0n) is 23.9. The SMILES string of the molecule is C=NC(=NC=C(C)c1cc(-c2nccc(OC)c2C#N)c2sc(NC(=O)NCC)nc2c1)N1CCC(C)(C(=O)O)CC1. The Hall–Kier alpha value is -4.83. The van der Waals surface area contributed by atoms with E-state index in [-0.39, 0.29) is 11.6 Å². The Morgan fingerprint density at radius 2 is 2.10 bits per heavy atom. The second kappa shape index (κ2) is 12.8. The van der Waals surface area contributed by atoms with E-state index in [9.17, 15) is 20.0 Å². The van der Waals surface area contributed by atoms with Crippen LogP contribution >= 0.6 is 11.3 Å². The Kier molecular flexibility index (Phi) is 9.17. The minimum Gasteiger partial charge on any atom is -0.495 e. The number of urea groups is 1. The van der Waals surface area contributed by atoms with E-state index in [2.05, 4.69) is 43.4 Å². The highest BCUT2D eigenvalue weighted by molar-refractivity contribution is 7.22. The van der Waals surface area contributed by atoms with Crippen molar-refractivity contribution >= 4 is 56.9 Å². The number of nitrogens with one attached hydrogen (secondary N) is 2. The van der Waals surface area contributed by atoms with Crippen molar-refractivity contribution in [3.63, 3.8) is 0 Å². The fraction of sp³-hybridized carbons (Fsp3) is 0.345. The number of piperidine rings is 1. The first-order chi connectivity index (χ1) is 20.1. The van der Waals surface area contributed by atoms with Crippen molar-refractivity contribution in [2.75, 3.05) is 32.1 Å². The van der Waals surface area contributed by atoms with Crippen LogP contribution in [-0.2, 0) is 4.79 Å². The van der Waals surface area contributed by atoms with Crippen LogP contribution in [0.2, 0.25) is 0 Å². The van der Waals surface area contributed by atoms with Gasteiger partial charge in [-0.3, -0.25) is 15.1 Å². The molecule has 0 unspecified atom stereocenters. The number of anilines is 1. The highest BCUT2D eigenvalue weighted by atomic mass is 32.1. The number of carbonyl (C=O) groups is 2. The number of carbonyl (C=O) groups excluding carboxylic acids is 1. The summed E-state index contributed by atoms with van der Waals surface area (Å²) < 4.78 is 6.15. The summed E-state index contributed by atoms with van der Waals surface area (Å²) in [7, 11) is 1.49. The van der Waals surface area contributed by atoms with Crippen molar-refractivity contribution in [2.24, 2.45) is 15.4 Å². The molecule has 2 amide bonds. The predicted molar refractivity (Wildman–Crippen MR) is 164 cm³/mol.